The molecule has 1 amide bonds. The fourth-order valence-electron chi connectivity index (χ4n) is 2.98. The van der Waals surface area contributed by atoms with Crippen LogP contribution in [0.3, 0.4) is 0 Å². The summed E-state index contributed by atoms with van der Waals surface area (Å²) in [5, 5.41) is 3.34. The number of carbonyl (C=O) groups is 1. The highest BCUT2D eigenvalue weighted by Gasteiger charge is 2.33. The molecule has 20 heavy (non-hydrogen) atoms. The Hall–Kier alpha value is -1.42. The topological polar surface area (TPSA) is 32.3 Å². The number of carbonyl (C=O) groups excluding carboxylic acids is 1. The van der Waals surface area contributed by atoms with Crippen LogP contribution in [-0.4, -0.2) is 25.5 Å². The highest BCUT2D eigenvalue weighted by Crippen LogP contribution is 2.31. The second-order valence-corrected chi connectivity index (χ2v) is 5.70. The number of benzene rings is 1. The summed E-state index contributed by atoms with van der Waals surface area (Å²) < 4.78 is 13.2. The predicted molar refractivity (Wildman–Crippen MR) is 79.3 cm³/mol. The van der Waals surface area contributed by atoms with Gasteiger partial charge in [0.1, 0.15) is 5.82 Å². The first-order valence-electron chi connectivity index (χ1n) is 7.27. The van der Waals surface area contributed by atoms with Crippen molar-refractivity contribution in [2.45, 2.75) is 44.1 Å². The Morgan fingerprint density at radius 3 is 2.65 bits per heavy atom. The Morgan fingerprint density at radius 1 is 1.35 bits per heavy atom. The summed E-state index contributed by atoms with van der Waals surface area (Å²) in [7, 11) is 3.64. The van der Waals surface area contributed by atoms with E-state index in [1.807, 2.05) is 7.05 Å². The first-order valence-corrected chi connectivity index (χ1v) is 7.27. The van der Waals surface area contributed by atoms with E-state index in [0.717, 1.165) is 25.7 Å². The van der Waals surface area contributed by atoms with Crippen LogP contribution < -0.4 is 10.2 Å². The molecule has 1 N–H and O–H groups in total. The van der Waals surface area contributed by atoms with Gasteiger partial charge in [-0.05, 0) is 38.1 Å². The van der Waals surface area contributed by atoms with Gasteiger partial charge >= 0.3 is 0 Å². The molecule has 0 spiro atoms. The summed E-state index contributed by atoms with van der Waals surface area (Å²) in [5.74, 6) is -0.282. The fourth-order valence-corrected chi connectivity index (χ4v) is 2.98. The Labute approximate surface area is 120 Å². The van der Waals surface area contributed by atoms with E-state index in [0.29, 0.717) is 12.1 Å². The van der Waals surface area contributed by atoms with E-state index in [1.165, 1.54) is 18.6 Å². The van der Waals surface area contributed by atoms with Crippen molar-refractivity contribution in [3.63, 3.8) is 0 Å². The number of hydrogen-bond donors (Lipinski definition) is 1. The van der Waals surface area contributed by atoms with Gasteiger partial charge in [-0.3, -0.25) is 4.79 Å². The molecule has 0 heterocycles. The third-order valence-corrected chi connectivity index (χ3v) is 4.40. The van der Waals surface area contributed by atoms with Crippen molar-refractivity contribution < 1.29 is 9.18 Å². The standard InChI is InChI=1S/C16H23FN2O/c1-18-16(9-4-3-5-10-16)12-15(20)19(2)14-8-6-7-13(17)11-14/h6-8,11,18H,3-5,9-10,12H2,1-2H3. The molecule has 3 nitrogen and oxygen atoms in total. The van der Waals surface area contributed by atoms with Gasteiger partial charge in [0, 0.05) is 24.7 Å². The maximum absolute atomic E-state index is 13.2. The van der Waals surface area contributed by atoms with Crippen molar-refractivity contribution in [2.75, 3.05) is 19.0 Å². The molecule has 0 atom stereocenters. The maximum atomic E-state index is 13.2. The third kappa shape index (κ3) is 3.37. The lowest BCUT2D eigenvalue weighted by Crippen LogP contribution is -2.48. The van der Waals surface area contributed by atoms with Crippen LogP contribution in [0.4, 0.5) is 10.1 Å². The summed E-state index contributed by atoms with van der Waals surface area (Å²) in [5.41, 5.74) is 0.522. The zero-order valence-electron chi connectivity index (χ0n) is 12.3. The average molecular weight is 278 g/mol. The summed E-state index contributed by atoms with van der Waals surface area (Å²) in [4.78, 5) is 14.0. The van der Waals surface area contributed by atoms with Gasteiger partial charge in [-0.25, -0.2) is 4.39 Å². The van der Waals surface area contributed by atoms with Gasteiger partial charge < -0.3 is 10.2 Å². The Kier molecular flexibility index (Phi) is 4.76. The Balaban J connectivity index is 2.06. The number of halogens is 1. The third-order valence-electron chi connectivity index (χ3n) is 4.40. The minimum Gasteiger partial charge on any atom is -0.315 e. The molecule has 0 bridgehead atoms. The van der Waals surface area contributed by atoms with Gasteiger partial charge in [0.05, 0.1) is 0 Å². The Bertz CT molecular complexity index is 469. The molecule has 1 aromatic rings. The summed E-state index contributed by atoms with van der Waals surface area (Å²) in [6.07, 6.45) is 6.11. The molecule has 0 unspecified atom stereocenters. The summed E-state index contributed by atoms with van der Waals surface area (Å²) in [6, 6.07) is 6.17. The van der Waals surface area contributed by atoms with Gasteiger partial charge in [0.2, 0.25) is 5.91 Å². The second kappa shape index (κ2) is 6.35. The number of nitrogens with zero attached hydrogens (tertiary/aromatic N) is 1. The van der Waals surface area contributed by atoms with E-state index in [9.17, 15) is 9.18 Å². The molecule has 110 valence electrons. The van der Waals surface area contributed by atoms with Crippen LogP contribution >= 0.6 is 0 Å². The molecule has 0 aromatic heterocycles. The molecule has 1 aromatic carbocycles. The van der Waals surface area contributed by atoms with E-state index in [1.54, 1.807) is 24.1 Å². The quantitative estimate of drug-likeness (QED) is 0.918. The number of nitrogens with one attached hydrogen (secondary N) is 1. The van der Waals surface area contributed by atoms with Crippen LogP contribution in [0, 0.1) is 5.82 Å². The molecule has 1 saturated carbocycles. The van der Waals surface area contributed by atoms with Gasteiger partial charge in [-0.15, -0.1) is 0 Å². The van der Waals surface area contributed by atoms with Crippen LogP contribution in [0.2, 0.25) is 0 Å². The zero-order valence-corrected chi connectivity index (χ0v) is 12.3. The summed E-state index contributed by atoms with van der Waals surface area (Å²) in [6.45, 7) is 0. The van der Waals surface area contributed by atoms with Crippen LogP contribution in [0.15, 0.2) is 24.3 Å². The predicted octanol–water partition coefficient (Wildman–Crippen LogP) is 3.10. The molecule has 2 rings (SSSR count). The van der Waals surface area contributed by atoms with E-state index in [-0.39, 0.29) is 17.3 Å². The van der Waals surface area contributed by atoms with Gasteiger partial charge in [0.25, 0.3) is 0 Å². The van der Waals surface area contributed by atoms with Gasteiger partial charge in [0.15, 0.2) is 0 Å². The van der Waals surface area contributed by atoms with E-state index < -0.39 is 0 Å². The SMILES string of the molecule is CNC1(CC(=O)N(C)c2cccc(F)c2)CCCCC1. The Morgan fingerprint density at radius 2 is 2.05 bits per heavy atom. The molecule has 0 aliphatic heterocycles. The van der Waals surface area contributed by atoms with Crippen molar-refractivity contribution >= 4 is 11.6 Å². The van der Waals surface area contributed by atoms with E-state index >= 15 is 0 Å². The average Bonchev–Trinajstić information content (AvgIpc) is 2.47. The molecule has 1 aliphatic carbocycles. The minimum absolute atomic E-state index is 0.0341. The molecular formula is C16H23FN2O. The van der Waals surface area contributed by atoms with Crippen molar-refractivity contribution in [2.24, 2.45) is 0 Å². The molecule has 1 fully saturated rings. The lowest BCUT2D eigenvalue weighted by Gasteiger charge is -2.37. The normalized spacial score (nSPS) is 17.8. The van der Waals surface area contributed by atoms with Crippen molar-refractivity contribution in [1.29, 1.82) is 0 Å². The fraction of sp³-hybridized carbons (Fsp3) is 0.562. The van der Waals surface area contributed by atoms with Gasteiger partial charge in [-0.1, -0.05) is 25.3 Å². The maximum Gasteiger partial charge on any atom is 0.228 e. The van der Waals surface area contributed by atoms with E-state index in [2.05, 4.69) is 5.32 Å². The lowest BCUT2D eigenvalue weighted by atomic mass is 9.79. The van der Waals surface area contributed by atoms with Crippen molar-refractivity contribution in [3.05, 3.63) is 30.1 Å². The van der Waals surface area contributed by atoms with Crippen LogP contribution in [0.5, 0.6) is 0 Å². The molecular weight excluding hydrogens is 255 g/mol. The molecule has 4 heteroatoms. The lowest BCUT2D eigenvalue weighted by molar-refractivity contribution is -0.120. The first kappa shape index (κ1) is 15.0. The molecule has 0 radical (unpaired) electrons. The molecule has 1 aliphatic rings. The highest BCUT2D eigenvalue weighted by atomic mass is 19.1. The van der Waals surface area contributed by atoms with Crippen LogP contribution in [0.1, 0.15) is 38.5 Å². The second-order valence-electron chi connectivity index (χ2n) is 5.70. The number of rotatable bonds is 4. The molecule has 0 saturated heterocycles. The van der Waals surface area contributed by atoms with Crippen LogP contribution in [0.25, 0.3) is 0 Å². The van der Waals surface area contributed by atoms with Crippen LogP contribution in [-0.2, 0) is 4.79 Å². The number of hydrogen-bond acceptors (Lipinski definition) is 2. The van der Waals surface area contributed by atoms with E-state index in [4.69, 9.17) is 0 Å². The smallest absolute Gasteiger partial charge is 0.228 e. The first-order chi connectivity index (χ1) is 9.56. The van der Waals surface area contributed by atoms with Crippen molar-refractivity contribution in [1.82, 2.24) is 5.32 Å². The van der Waals surface area contributed by atoms with Gasteiger partial charge in [-0.2, -0.15) is 0 Å². The summed E-state index contributed by atoms with van der Waals surface area (Å²) >= 11 is 0. The highest BCUT2D eigenvalue weighted by molar-refractivity contribution is 5.93. The number of amides is 1. The largest absolute Gasteiger partial charge is 0.315 e. The van der Waals surface area contributed by atoms with Crippen molar-refractivity contribution in [3.8, 4) is 0 Å². The monoisotopic (exact) mass is 278 g/mol. The number of anilines is 1. The minimum atomic E-state index is -0.317. The zero-order chi connectivity index (χ0) is 14.6.